The molecule has 2 aliphatic rings. The third-order valence-electron chi connectivity index (χ3n) is 13.9. The van der Waals surface area contributed by atoms with E-state index in [0.29, 0.717) is 0 Å². The summed E-state index contributed by atoms with van der Waals surface area (Å²) >= 11 is 0. The van der Waals surface area contributed by atoms with E-state index < -0.39 is 5.41 Å². The summed E-state index contributed by atoms with van der Waals surface area (Å²) in [6, 6.07) is 78.0. The van der Waals surface area contributed by atoms with Crippen LogP contribution < -0.4 is 0 Å². The molecule has 286 valence electrons. The zero-order valence-electron chi connectivity index (χ0n) is 33.6. The van der Waals surface area contributed by atoms with Gasteiger partial charge in [0.1, 0.15) is 11.2 Å². The van der Waals surface area contributed by atoms with Crippen LogP contribution in [0, 0.1) is 0 Å². The van der Waals surface area contributed by atoms with Crippen molar-refractivity contribution in [2.75, 3.05) is 0 Å². The Morgan fingerprint density at radius 2 is 0.903 bits per heavy atom. The first-order valence-electron chi connectivity index (χ1n) is 21.5. The zero-order chi connectivity index (χ0) is 40.5. The number of rotatable bonds is 3. The Labute approximate surface area is 358 Å². The van der Waals surface area contributed by atoms with Crippen molar-refractivity contribution in [1.82, 2.24) is 4.98 Å². The molecule has 0 saturated heterocycles. The normalized spacial score (nSPS) is 13.3. The summed E-state index contributed by atoms with van der Waals surface area (Å²) in [5.74, 6) is 0. The molecular weight excluding hydrogens is 751 g/mol. The van der Waals surface area contributed by atoms with Gasteiger partial charge in [-0.3, -0.25) is 0 Å². The number of pyridine rings is 1. The first-order valence-corrected chi connectivity index (χ1v) is 21.5. The van der Waals surface area contributed by atoms with E-state index in [2.05, 4.69) is 206 Å². The minimum absolute atomic E-state index is 0.435. The molecule has 0 unspecified atom stereocenters. The van der Waals surface area contributed by atoms with E-state index >= 15 is 0 Å². The second kappa shape index (κ2) is 12.5. The minimum atomic E-state index is -0.435. The highest BCUT2D eigenvalue weighted by Crippen LogP contribution is 2.63. The largest absolute Gasteiger partial charge is 0.456 e. The van der Waals surface area contributed by atoms with Gasteiger partial charge in [-0.1, -0.05) is 176 Å². The Balaban J connectivity index is 1.09. The van der Waals surface area contributed by atoms with Crippen LogP contribution in [0.3, 0.4) is 0 Å². The van der Waals surface area contributed by atoms with Crippen LogP contribution in [0.1, 0.15) is 22.3 Å². The molecule has 62 heavy (non-hydrogen) atoms. The molecule has 0 saturated carbocycles. The van der Waals surface area contributed by atoms with Crippen molar-refractivity contribution >= 4 is 54.4 Å². The van der Waals surface area contributed by atoms with Gasteiger partial charge in [-0.05, 0) is 108 Å². The average Bonchev–Trinajstić information content (AvgIpc) is 3.97. The maximum atomic E-state index is 6.52. The molecule has 0 radical (unpaired) electrons. The van der Waals surface area contributed by atoms with Crippen molar-refractivity contribution in [2.24, 2.45) is 0 Å². The number of fused-ring (bicyclic) bond motifs is 18. The molecule has 0 atom stereocenters. The first-order chi connectivity index (χ1) is 30.8. The Morgan fingerprint density at radius 1 is 0.323 bits per heavy atom. The molecule has 2 aliphatic carbocycles. The number of para-hydroxylation sites is 2. The fourth-order valence-electron chi connectivity index (χ4n) is 11.3. The monoisotopic (exact) mass is 785 g/mol. The fraction of sp³-hybridized carbons (Fsp3) is 0.0167. The molecule has 2 aromatic heterocycles. The van der Waals surface area contributed by atoms with Gasteiger partial charge in [0.05, 0.1) is 16.6 Å². The lowest BCUT2D eigenvalue weighted by molar-refractivity contribution is 0.669. The number of hydrogen-bond acceptors (Lipinski definition) is 2. The van der Waals surface area contributed by atoms with Crippen LogP contribution in [0.2, 0.25) is 0 Å². The molecule has 0 bridgehead atoms. The van der Waals surface area contributed by atoms with E-state index in [-0.39, 0.29) is 0 Å². The highest BCUT2D eigenvalue weighted by molar-refractivity contribution is 6.29. The predicted octanol–water partition coefficient (Wildman–Crippen LogP) is 15.8. The molecule has 2 heterocycles. The Morgan fingerprint density at radius 3 is 1.63 bits per heavy atom. The second-order valence-electron chi connectivity index (χ2n) is 16.9. The molecule has 12 aromatic rings. The lowest BCUT2D eigenvalue weighted by atomic mass is 9.70. The average molecular weight is 786 g/mol. The minimum Gasteiger partial charge on any atom is -0.456 e. The number of furan rings is 1. The fourth-order valence-corrected chi connectivity index (χ4v) is 11.3. The van der Waals surface area contributed by atoms with Gasteiger partial charge in [-0.25, -0.2) is 4.98 Å². The molecule has 1 spiro atoms. The van der Waals surface area contributed by atoms with Crippen LogP contribution in [0.25, 0.3) is 110 Å². The van der Waals surface area contributed by atoms with E-state index in [0.717, 1.165) is 66.0 Å². The number of aromatic nitrogens is 1. The summed E-state index contributed by atoms with van der Waals surface area (Å²) in [5, 5.41) is 8.01. The van der Waals surface area contributed by atoms with Crippen LogP contribution in [0.5, 0.6) is 0 Å². The van der Waals surface area contributed by atoms with E-state index in [9.17, 15) is 0 Å². The zero-order valence-corrected chi connectivity index (χ0v) is 33.6. The smallest absolute Gasteiger partial charge is 0.136 e. The Kier molecular flexibility index (Phi) is 6.79. The molecule has 2 heteroatoms. The summed E-state index contributed by atoms with van der Waals surface area (Å²) in [7, 11) is 0. The Hall–Kier alpha value is -8.07. The van der Waals surface area contributed by atoms with Crippen molar-refractivity contribution in [3.05, 3.63) is 235 Å². The highest BCUT2D eigenvalue weighted by atomic mass is 16.3. The van der Waals surface area contributed by atoms with Gasteiger partial charge < -0.3 is 4.42 Å². The van der Waals surface area contributed by atoms with Crippen molar-refractivity contribution in [1.29, 1.82) is 0 Å². The van der Waals surface area contributed by atoms with Gasteiger partial charge in [0.15, 0.2) is 0 Å². The van der Waals surface area contributed by atoms with Crippen LogP contribution in [0.15, 0.2) is 217 Å². The van der Waals surface area contributed by atoms with Gasteiger partial charge in [-0.15, -0.1) is 0 Å². The molecule has 2 nitrogen and oxygen atoms in total. The molecule has 0 fully saturated rings. The van der Waals surface area contributed by atoms with Gasteiger partial charge in [-0.2, -0.15) is 0 Å². The maximum absolute atomic E-state index is 6.52. The van der Waals surface area contributed by atoms with E-state index in [4.69, 9.17) is 9.40 Å². The van der Waals surface area contributed by atoms with Crippen molar-refractivity contribution in [2.45, 2.75) is 5.41 Å². The maximum Gasteiger partial charge on any atom is 0.136 e. The Bertz CT molecular complexity index is 3810. The topological polar surface area (TPSA) is 26.0 Å². The standard InChI is InChI=1S/C60H35NO/c1-2-15-36(16-3-1)58-47-31-32-55-57(45-22-9-13-28-54(45)62-55)56(47)46-24-14-23-44(59(46)61-58)49-34-38-18-5-4-17-37(38)33-48(49)39-29-30-43-42-21-8-12-27-52(42)60(53(43)35-39)50-25-10-6-19-40(50)41-20-7-11-26-51(41)60/h1-35H. The predicted molar refractivity (Wildman–Crippen MR) is 257 cm³/mol. The van der Waals surface area contributed by atoms with Crippen LogP contribution in [-0.2, 0) is 5.41 Å². The van der Waals surface area contributed by atoms with Gasteiger partial charge in [0.2, 0.25) is 0 Å². The molecule has 0 amide bonds. The van der Waals surface area contributed by atoms with Gasteiger partial charge in [0.25, 0.3) is 0 Å². The number of benzene rings is 10. The lowest BCUT2D eigenvalue weighted by Crippen LogP contribution is -2.25. The van der Waals surface area contributed by atoms with Crippen LogP contribution >= 0.6 is 0 Å². The van der Waals surface area contributed by atoms with Gasteiger partial charge >= 0.3 is 0 Å². The summed E-state index contributed by atoms with van der Waals surface area (Å²) < 4.78 is 6.52. The molecule has 0 aliphatic heterocycles. The number of nitrogens with zero attached hydrogens (tertiary/aromatic N) is 1. The summed E-state index contributed by atoms with van der Waals surface area (Å²) in [4.78, 5) is 5.70. The summed E-state index contributed by atoms with van der Waals surface area (Å²) in [6.07, 6.45) is 0. The lowest BCUT2D eigenvalue weighted by Gasteiger charge is -2.30. The quantitative estimate of drug-likeness (QED) is 0.167. The van der Waals surface area contributed by atoms with Crippen molar-refractivity contribution < 1.29 is 4.42 Å². The second-order valence-corrected chi connectivity index (χ2v) is 16.9. The van der Waals surface area contributed by atoms with Crippen molar-refractivity contribution in [3.8, 4) is 55.8 Å². The van der Waals surface area contributed by atoms with Gasteiger partial charge in [0, 0.05) is 38.1 Å². The summed E-state index contributed by atoms with van der Waals surface area (Å²) in [6.45, 7) is 0. The molecule has 0 N–H and O–H groups in total. The molecule has 10 aromatic carbocycles. The van der Waals surface area contributed by atoms with Crippen molar-refractivity contribution in [3.63, 3.8) is 0 Å². The first kappa shape index (κ1) is 33.7. The van der Waals surface area contributed by atoms with Crippen LogP contribution in [0.4, 0.5) is 0 Å². The third kappa shape index (κ3) is 4.40. The van der Waals surface area contributed by atoms with E-state index in [1.54, 1.807) is 0 Å². The summed E-state index contributed by atoms with van der Waals surface area (Å²) in [5.41, 5.74) is 19.6. The van der Waals surface area contributed by atoms with E-state index in [1.165, 1.54) is 66.4 Å². The SMILES string of the molecule is c1ccc(-c2nc3c(-c4cc5ccccc5cc4-c4ccc5c(c4)C4(c6ccccc6-c6ccccc64)c4ccccc4-5)cccc3c3c2ccc2oc4ccccc4c23)cc1. The van der Waals surface area contributed by atoms with E-state index in [1.807, 2.05) is 6.07 Å². The highest BCUT2D eigenvalue weighted by Gasteiger charge is 2.51. The molecular formula is C60H35NO. The number of hydrogen-bond donors (Lipinski definition) is 0. The van der Waals surface area contributed by atoms with Crippen LogP contribution in [-0.4, -0.2) is 4.98 Å². The molecule has 14 rings (SSSR count). The third-order valence-corrected chi connectivity index (χ3v) is 13.9.